The van der Waals surface area contributed by atoms with Gasteiger partial charge in [0.25, 0.3) is 0 Å². The minimum absolute atomic E-state index is 0. The van der Waals surface area contributed by atoms with Crippen molar-refractivity contribution < 1.29 is 66.2 Å². The molecule has 2 amide bonds. The molecule has 46 heavy (non-hydrogen) atoms. The first-order valence-corrected chi connectivity index (χ1v) is 12.0. The molecule has 3 unspecified atom stereocenters. The number of aliphatic hydroxyl groups excluding tert-OH is 1. The van der Waals surface area contributed by atoms with Crippen molar-refractivity contribution >= 4 is 21.9 Å². The normalized spacial score (nSPS) is 11.1. The topological polar surface area (TPSA) is 150 Å². The summed E-state index contributed by atoms with van der Waals surface area (Å²) in [6, 6.07) is 0. The summed E-state index contributed by atoms with van der Waals surface area (Å²) in [6.07, 6.45) is -0.663. The second kappa shape index (κ2) is 40.9. The minimum Gasteiger partial charge on any atom is -0.748 e. The Balaban J connectivity index is -0.0000000429. The van der Waals surface area contributed by atoms with E-state index in [0.717, 1.165) is 0 Å². The van der Waals surface area contributed by atoms with Crippen molar-refractivity contribution in [2.24, 2.45) is 17.1 Å². The summed E-state index contributed by atoms with van der Waals surface area (Å²) in [6.45, 7) is 6.03. The van der Waals surface area contributed by atoms with E-state index in [0.29, 0.717) is 28.5 Å². The van der Waals surface area contributed by atoms with Gasteiger partial charge in [-0.2, -0.15) is 0 Å². The van der Waals surface area contributed by atoms with Gasteiger partial charge in [0.1, 0.15) is 13.1 Å². The van der Waals surface area contributed by atoms with Crippen molar-refractivity contribution in [3.05, 3.63) is 14.9 Å². The number of nitrogens with zero attached hydrogens (tertiary/aromatic N) is 2. The summed E-state index contributed by atoms with van der Waals surface area (Å²) in [7, 11) is 4.96. The molecule has 0 spiro atoms. The van der Waals surface area contributed by atoms with Gasteiger partial charge in [0.15, 0.2) is 12.8 Å². The third-order valence-electron chi connectivity index (χ3n) is 5.33. The number of carbonyl (C=O) groups excluding carboxylic acids is 2. The fraction of sp³-hybridized carbons (Fsp3) is 0.882. The van der Waals surface area contributed by atoms with Crippen molar-refractivity contribution in [1.82, 2.24) is 5.32 Å². The van der Waals surface area contributed by atoms with E-state index in [2.05, 4.69) is 5.32 Å². The molecule has 0 saturated carbocycles. The molecule has 0 aromatic carbocycles. The van der Waals surface area contributed by atoms with E-state index >= 15 is 0 Å². The molecule has 0 aliphatic heterocycles. The zero-order chi connectivity index (χ0) is 24.8. The Kier molecular flexibility index (Phi) is 92.0. The zero-order valence-electron chi connectivity index (χ0n) is 23.3. The number of nitrogens with one attached hydrogen (secondary N) is 1. The summed E-state index contributed by atoms with van der Waals surface area (Å²) in [5, 5.41) is 11.7. The Labute approximate surface area is 319 Å². The number of quaternary nitrogens is 2. The van der Waals surface area contributed by atoms with Gasteiger partial charge in [0.05, 0.1) is 50.6 Å². The molecule has 0 aliphatic rings. The third kappa shape index (κ3) is 43.7. The summed E-state index contributed by atoms with van der Waals surface area (Å²) < 4.78 is 36.3. The van der Waals surface area contributed by atoms with Crippen LogP contribution in [-0.4, -0.2) is 105 Å². The van der Waals surface area contributed by atoms with Gasteiger partial charge in [-0.05, 0) is 19.3 Å². The molecule has 4 N–H and O–H groups in total. The van der Waals surface area contributed by atoms with E-state index < -0.39 is 44.6 Å². The Morgan fingerprint density at radius 1 is 0.826 bits per heavy atom. The molecular formula is C34H97N4NaO6S. The monoisotopic (exact) mass is 713 g/mol. The maximum Gasteiger partial charge on any atom is 1.00 e. The Hall–Kier alpha value is -0.270. The number of amides is 2. The van der Waals surface area contributed by atoms with Crippen LogP contribution in [0.25, 0.3) is 0 Å². The molecular weight excluding hydrogens is 615 g/mol. The maximum atomic E-state index is 12.8. The summed E-state index contributed by atoms with van der Waals surface area (Å²) in [4.78, 5) is 24.3. The number of likely N-dealkylation sites (N-methyl/N-ethyl adjacent to an activating group) is 2. The van der Waals surface area contributed by atoms with Gasteiger partial charge in [0, 0.05) is 11.3 Å². The number of aliphatic hydroxyl groups is 1. The Morgan fingerprint density at radius 3 is 1.43 bits per heavy atom. The SMILES string of the molecule is C.C.C.C.C.C.C.C.C.C.C.C.CCC(CC(CC(C)(C)C(=O)NC[N+](C)(C)CC(O)C[N+](C)(C)C)S(=O)(=O)[O-])C(N)=O.[CH3-].[CH3-].[Na+]. The number of primary amides is 1. The van der Waals surface area contributed by atoms with Gasteiger partial charge in [-0.15, -0.1) is 0 Å². The molecule has 0 aromatic heterocycles. The number of hydrogen-bond acceptors (Lipinski definition) is 6. The average Bonchev–Trinajstić information content (AvgIpc) is 2.52. The molecule has 10 nitrogen and oxygen atoms in total. The van der Waals surface area contributed by atoms with Crippen molar-refractivity contribution in [2.45, 2.75) is 141 Å². The van der Waals surface area contributed by atoms with Crippen LogP contribution < -0.4 is 40.6 Å². The molecule has 296 valence electrons. The van der Waals surface area contributed by atoms with Gasteiger partial charge in [-0.25, -0.2) is 8.42 Å². The summed E-state index contributed by atoms with van der Waals surface area (Å²) in [5.41, 5.74) is 4.14. The van der Waals surface area contributed by atoms with E-state index in [1.807, 2.05) is 35.2 Å². The van der Waals surface area contributed by atoms with Gasteiger partial charge >= 0.3 is 29.6 Å². The molecule has 0 fully saturated rings. The Morgan fingerprint density at radius 2 is 1.17 bits per heavy atom. The number of carbonyl (C=O) groups is 2. The van der Waals surface area contributed by atoms with Crippen LogP contribution in [0.4, 0.5) is 0 Å². The summed E-state index contributed by atoms with van der Waals surface area (Å²) in [5.74, 6) is -1.81. The predicted molar refractivity (Wildman–Crippen MR) is 212 cm³/mol. The van der Waals surface area contributed by atoms with Crippen LogP contribution in [-0.2, 0) is 19.7 Å². The smallest absolute Gasteiger partial charge is 0.748 e. The second-order valence-corrected chi connectivity index (χ2v) is 12.5. The molecule has 3 atom stereocenters. The molecule has 12 heteroatoms. The van der Waals surface area contributed by atoms with Gasteiger partial charge in [0.2, 0.25) is 11.8 Å². The first-order chi connectivity index (χ1) is 13.7. The fourth-order valence-electron chi connectivity index (χ4n) is 3.62. The van der Waals surface area contributed by atoms with E-state index in [1.54, 1.807) is 20.8 Å². The van der Waals surface area contributed by atoms with Crippen LogP contribution in [0.3, 0.4) is 0 Å². The van der Waals surface area contributed by atoms with Crippen LogP contribution in [0.2, 0.25) is 0 Å². The molecule has 0 radical (unpaired) electrons. The molecule has 0 saturated heterocycles. The van der Waals surface area contributed by atoms with Crippen LogP contribution in [0.1, 0.15) is 129 Å². The molecule has 0 heterocycles. The molecule has 0 rings (SSSR count). The number of nitrogens with two attached hydrogens (primary N) is 1. The predicted octanol–water partition coefficient (Wildman–Crippen LogP) is 4.97. The number of rotatable bonds is 14. The van der Waals surface area contributed by atoms with Crippen molar-refractivity contribution in [2.75, 3.05) is 55.0 Å². The zero-order valence-corrected chi connectivity index (χ0v) is 26.2. The minimum atomic E-state index is -4.72. The number of hydrogen-bond donors (Lipinski definition) is 3. The van der Waals surface area contributed by atoms with Crippen molar-refractivity contribution in [3.8, 4) is 0 Å². The van der Waals surface area contributed by atoms with Crippen molar-refractivity contribution in [1.29, 1.82) is 0 Å². The van der Waals surface area contributed by atoms with Crippen LogP contribution in [0, 0.1) is 26.2 Å². The first kappa shape index (κ1) is 104. The van der Waals surface area contributed by atoms with Crippen LogP contribution in [0.15, 0.2) is 0 Å². The molecule has 0 aromatic rings. The van der Waals surface area contributed by atoms with E-state index in [1.165, 1.54) is 0 Å². The van der Waals surface area contributed by atoms with E-state index in [9.17, 15) is 27.7 Å². The molecule has 0 aliphatic carbocycles. The second-order valence-electron chi connectivity index (χ2n) is 10.9. The quantitative estimate of drug-likeness (QED) is 0.0761. The third-order valence-corrected chi connectivity index (χ3v) is 6.51. The van der Waals surface area contributed by atoms with Crippen LogP contribution in [0.5, 0.6) is 0 Å². The maximum absolute atomic E-state index is 12.8. The van der Waals surface area contributed by atoms with Crippen molar-refractivity contribution in [3.63, 3.8) is 0 Å². The van der Waals surface area contributed by atoms with Crippen LogP contribution >= 0.6 is 0 Å². The Bertz CT molecular complexity index is 730. The molecule has 0 bridgehead atoms. The van der Waals surface area contributed by atoms with Gasteiger partial charge < -0.3 is 44.5 Å². The largest absolute Gasteiger partial charge is 1.00 e. The van der Waals surface area contributed by atoms with E-state index in [-0.39, 0.29) is 153 Å². The van der Waals surface area contributed by atoms with Gasteiger partial charge in [-0.3, -0.25) is 9.59 Å². The fourth-order valence-corrected chi connectivity index (χ4v) is 4.71. The average molecular weight is 713 g/mol. The van der Waals surface area contributed by atoms with Gasteiger partial charge in [-0.1, -0.05) is 110 Å². The standard InChI is InChI=1S/C20H42N4O6S.12CH4.2CH3.Na/c1-9-15(18(21)26)10-17(31(28,29)30)11-20(2,3)19(27)22-14-24(7,8)13-16(25)12-23(4,5)6;;;;;;;;;;;;;;;/h15-17,25H,9-14H2,1-8H3,(H2-2,21,22,26,27,28,29,30);12*1H4;2*1H3;/q;;;;;;;;;;;;;2*-1;+1/p+1. The van der Waals surface area contributed by atoms with E-state index in [4.69, 9.17) is 5.73 Å². The summed E-state index contributed by atoms with van der Waals surface area (Å²) >= 11 is 0. The first-order valence-electron chi connectivity index (χ1n) is 10.5.